The van der Waals surface area contributed by atoms with Crippen molar-refractivity contribution in [2.24, 2.45) is 0 Å². The lowest BCUT2D eigenvalue weighted by atomic mass is 10.2. The fourth-order valence-electron chi connectivity index (χ4n) is 3.21. The van der Waals surface area contributed by atoms with Gasteiger partial charge >= 0.3 is 0 Å². The van der Waals surface area contributed by atoms with Crippen LogP contribution in [-0.2, 0) is 6.54 Å². The molecule has 1 atom stereocenters. The minimum atomic E-state index is 0.608. The number of rotatable bonds is 2. The number of pyridine rings is 1. The van der Waals surface area contributed by atoms with E-state index in [1.807, 2.05) is 12.3 Å². The second-order valence-electron chi connectivity index (χ2n) is 5.51. The predicted octanol–water partition coefficient (Wildman–Crippen LogP) is 1.33. The maximum absolute atomic E-state index is 5.62. The highest BCUT2D eigenvalue weighted by Crippen LogP contribution is 2.22. The van der Waals surface area contributed by atoms with E-state index in [1.54, 1.807) is 0 Å². The molecule has 2 N–H and O–H groups in total. The fraction of sp³-hybridized carbons (Fsp3) is 0.643. The first-order valence-electron chi connectivity index (χ1n) is 6.98. The van der Waals surface area contributed by atoms with Crippen molar-refractivity contribution in [3.8, 4) is 0 Å². The number of hydrogen-bond donors (Lipinski definition) is 1. The molecule has 3 rings (SSSR count). The zero-order valence-electron chi connectivity index (χ0n) is 10.9. The summed E-state index contributed by atoms with van der Waals surface area (Å²) in [4.78, 5) is 9.42. The molecule has 2 aliphatic heterocycles. The van der Waals surface area contributed by atoms with Crippen molar-refractivity contribution in [3.05, 3.63) is 23.9 Å². The SMILES string of the molecule is Nc1ccc(CN2CCCN3CCCC3C2)cn1. The Morgan fingerprint density at radius 1 is 1.22 bits per heavy atom. The molecule has 4 nitrogen and oxygen atoms in total. The van der Waals surface area contributed by atoms with Crippen LogP contribution in [0.2, 0.25) is 0 Å². The smallest absolute Gasteiger partial charge is 0.123 e. The number of hydrogen-bond acceptors (Lipinski definition) is 4. The average molecular weight is 246 g/mol. The van der Waals surface area contributed by atoms with Crippen molar-refractivity contribution < 1.29 is 0 Å². The van der Waals surface area contributed by atoms with Crippen molar-refractivity contribution in [2.75, 3.05) is 31.9 Å². The fourth-order valence-corrected chi connectivity index (χ4v) is 3.21. The maximum atomic E-state index is 5.62. The van der Waals surface area contributed by atoms with E-state index in [2.05, 4.69) is 20.9 Å². The number of fused-ring (bicyclic) bond motifs is 1. The molecule has 2 saturated heterocycles. The van der Waals surface area contributed by atoms with Crippen molar-refractivity contribution in [1.29, 1.82) is 0 Å². The Balaban J connectivity index is 1.63. The first-order valence-corrected chi connectivity index (χ1v) is 6.98. The van der Waals surface area contributed by atoms with Gasteiger partial charge in [0.1, 0.15) is 5.82 Å². The molecule has 0 spiro atoms. The largest absolute Gasteiger partial charge is 0.384 e. The highest BCUT2D eigenvalue weighted by atomic mass is 15.3. The van der Waals surface area contributed by atoms with Crippen LogP contribution < -0.4 is 5.73 Å². The van der Waals surface area contributed by atoms with Gasteiger partial charge in [0, 0.05) is 25.3 Å². The molecular weight excluding hydrogens is 224 g/mol. The third-order valence-corrected chi connectivity index (χ3v) is 4.14. The number of anilines is 1. The second kappa shape index (κ2) is 5.24. The second-order valence-corrected chi connectivity index (χ2v) is 5.51. The van der Waals surface area contributed by atoms with Crippen LogP contribution in [0, 0.1) is 0 Å². The van der Waals surface area contributed by atoms with Gasteiger partial charge in [0.15, 0.2) is 0 Å². The summed E-state index contributed by atoms with van der Waals surface area (Å²) >= 11 is 0. The van der Waals surface area contributed by atoms with E-state index >= 15 is 0 Å². The molecule has 0 aromatic carbocycles. The third kappa shape index (κ3) is 2.65. The van der Waals surface area contributed by atoms with E-state index < -0.39 is 0 Å². The molecule has 98 valence electrons. The van der Waals surface area contributed by atoms with Gasteiger partial charge in [-0.2, -0.15) is 0 Å². The lowest BCUT2D eigenvalue weighted by molar-refractivity contribution is 0.215. The monoisotopic (exact) mass is 246 g/mol. The highest BCUT2D eigenvalue weighted by Gasteiger charge is 2.28. The van der Waals surface area contributed by atoms with Gasteiger partial charge in [0.2, 0.25) is 0 Å². The number of nitrogen functional groups attached to an aromatic ring is 1. The van der Waals surface area contributed by atoms with Gasteiger partial charge in [0.25, 0.3) is 0 Å². The molecule has 0 bridgehead atoms. The molecule has 2 fully saturated rings. The van der Waals surface area contributed by atoms with Crippen molar-refractivity contribution >= 4 is 5.82 Å². The summed E-state index contributed by atoms with van der Waals surface area (Å²) in [5, 5.41) is 0. The lowest BCUT2D eigenvalue weighted by Gasteiger charge is -2.25. The Kier molecular flexibility index (Phi) is 3.48. The average Bonchev–Trinajstić information content (AvgIpc) is 2.71. The molecule has 0 aliphatic carbocycles. The summed E-state index contributed by atoms with van der Waals surface area (Å²) in [5.41, 5.74) is 6.90. The Morgan fingerprint density at radius 3 is 2.94 bits per heavy atom. The van der Waals surface area contributed by atoms with Crippen molar-refractivity contribution in [2.45, 2.75) is 31.8 Å². The molecule has 2 aliphatic rings. The molecule has 1 aromatic rings. The zero-order chi connectivity index (χ0) is 12.4. The van der Waals surface area contributed by atoms with Crippen molar-refractivity contribution in [1.82, 2.24) is 14.8 Å². The van der Waals surface area contributed by atoms with Crippen LogP contribution in [0.5, 0.6) is 0 Å². The Morgan fingerprint density at radius 2 is 2.11 bits per heavy atom. The maximum Gasteiger partial charge on any atom is 0.123 e. The lowest BCUT2D eigenvalue weighted by Crippen LogP contribution is -2.36. The molecule has 3 heterocycles. The Bertz CT molecular complexity index is 389. The number of aromatic nitrogens is 1. The van der Waals surface area contributed by atoms with E-state index in [0.717, 1.165) is 12.6 Å². The van der Waals surface area contributed by atoms with Gasteiger partial charge in [-0.25, -0.2) is 4.98 Å². The van der Waals surface area contributed by atoms with Crippen LogP contribution in [0.15, 0.2) is 18.3 Å². The Labute approximate surface area is 109 Å². The molecule has 0 radical (unpaired) electrons. The van der Waals surface area contributed by atoms with Gasteiger partial charge in [-0.15, -0.1) is 0 Å². The minimum Gasteiger partial charge on any atom is -0.384 e. The van der Waals surface area contributed by atoms with E-state index in [1.165, 1.54) is 51.0 Å². The number of nitrogens with zero attached hydrogens (tertiary/aromatic N) is 3. The first-order chi connectivity index (χ1) is 8.81. The molecule has 1 aromatic heterocycles. The van der Waals surface area contributed by atoms with E-state index in [9.17, 15) is 0 Å². The minimum absolute atomic E-state index is 0.608. The van der Waals surface area contributed by atoms with Gasteiger partial charge in [-0.05, 0) is 50.5 Å². The molecule has 0 saturated carbocycles. The van der Waals surface area contributed by atoms with E-state index in [0.29, 0.717) is 5.82 Å². The van der Waals surface area contributed by atoms with Crippen LogP contribution in [0.4, 0.5) is 5.82 Å². The standard InChI is InChI=1S/C14H22N4/c15-14-5-4-12(9-16-14)10-17-6-2-8-18-7-1-3-13(18)11-17/h4-5,9,13H,1-3,6-8,10-11H2,(H2,15,16). The third-order valence-electron chi connectivity index (χ3n) is 4.14. The Hall–Kier alpha value is -1.13. The highest BCUT2D eigenvalue weighted by molar-refractivity contribution is 5.29. The van der Waals surface area contributed by atoms with Gasteiger partial charge < -0.3 is 5.73 Å². The summed E-state index contributed by atoms with van der Waals surface area (Å²) in [5.74, 6) is 0.608. The van der Waals surface area contributed by atoms with Crippen LogP contribution >= 0.6 is 0 Å². The predicted molar refractivity (Wildman–Crippen MR) is 73.1 cm³/mol. The van der Waals surface area contributed by atoms with E-state index in [-0.39, 0.29) is 0 Å². The first kappa shape index (κ1) is 11.9. The summed E-state index contributed by atoms with van der Waals surface area (Å²) in [6, 6.07) is 4.78. The molecule has 18 heavy (non-hydrogen) atoms. The normalized spacial score (nSPS) is 25.9. The summed E-state index contributed by atoms with van der Waals surface area (Å²) in [7, 11) is 0. The van der Waals surface area contributed by atoms with E-state index in [4.69, 9.17) is 5.73 Å². The van der Waals surface area contributed by atoms with Crippen LogP contribution in [-0.4, -0.2) is 47.0 Å². The molecule has 0 amide bonds. The van der Waals surface area contributed by atoms with Crippen LogP contribution in [0.25, 0.3) is 0 Å². The quantitative estimate of drug-likeness (QED) is 0.855. The summed E-state index contributed by atoms with van der Waals surface area (Å²) < 4.78 is 0. The molecule has 4 heteroatoms. The molecule has 1 unspecified atom stereocenters. The van der Waals surface area contributed by atoms with Crippen LogP contribution in [0.1, 0.15) is 24.8 Å². The van der Waals surface area contributed by atoms with Gasteiger partial charge in [0.05, 0.1) is 0 Å². The van der Waals surface area contributed by atoms with Crippen molar-refractivity contribution in [3.63, 3.8) is 0 Å². The zero-order valence-corrected chi connectivity index (χ0v) is 10.9. The van der Waals surface area contributed by atoms with Crippen LogP contribution in [0.3, 0.4) is 0 Å². The summed E-state index contributed by atoms with van der Waals surface area (Å²) in [6.45, 7) is 6.02. The summed E-state index contributed by atoms with van der Waals surface area (Å²) in [6.07, 6.45) is 5.95. The topological polar surface area (TPSA) is 45.4 Å². The van der Waals surface area contributed by atoms with Gasteiger partial charge in [-0.1, -0.05) is 6.07 Å². The van der Waals surface area contributed by atoms with Gasteiger partial charge in [-0.3, -0.25) is 9.80 Å². The molecular formula is C14H22N4. The number of nitrogens with two attached hydrogens (primary N) is 1.